The zero-order valence-corrected chi connectivity index (χ0v) is 21.0. The third kappa shape index (κ3) is 4.89. The number of amides is 2. The number of benzene rings is 2. The number of nitrogens with one attached hydrogen (secondary N) is 2. The van der Waals surface area contributed by atoms with Crippen molar-refractivity contribution < 1.29 is 18.0 Å². The minimum Gasteiger partial charge on any atom is -0.350 e. The Kier molecular flexibility index (Phi) is 6.35. The number of anilines is 3. The SMILES string of the molecule is Cc1ccc(C)c(N2C(=O)C(Cl)=C(Nc3ccc(S(=O)(=O)Nc4nc(C)cc(C)n4)cc3)C2=O)c1. The molecule has 3 aromatic rings. The Bertz CT molecular complexity index is 1480. The number of rotatable bonds is 6. The van der Waals surface area contributed by atoms with Crippen LogP contribution in [0.1, 0.15) is 22.5 Å². The third-order valence-electron chi connectivity index (χ3n) is 5.27. The summed E-state index contributed by atoms with van der Waals surface area (Å²) in [6.07, 6.45) is 0. The van der Waals surface area contributed by atoms with Gasteiger partial charge in [-0.05, 0) is 75.2 Å². The molecule has 11 heteroatoms. The zero-order valence-electron chi connectivity index (χ0n) is 19.4. The average molecular weight is 512 g/mol. The Hall–Kier alpha value is -3.76. The first-order valence-electron chi connectivity index (χ1n) is 10.5. The predicted octanol–water partition coefficient (Wildman–Crippen LogP) is 3.95. The van der Waals surface area contributed by atoms with E-state index in [9.17, 15) is 18.0 Å². The van der Waals surface area contributed by atoms with Crippen LogP contribution in [0, 0.1) is 27.7 Å². The maximum absolute atomic E-state index is 13.1. The highest BCUT2D eigenvalue weighted by Crippen LogP contribution is 2.32. The predicted molar refractivity (Wildman–Crippen MR) is 134 cm³/mol. The molecule has 4 rings (SSSR count). The van der Waals surface area contributed by atoms with Gasteiger partial charge < -0.3 is 5.32 Å². The monoisotopic (exact) mass is 511 g/mol. The Balaban J connectivity index is 1.55. The van der Waals surface area contributed by atoms with Crippen molar-refractivity contribution in [1.29, 1.82) is 0 Å². The van der Waals surface area contributed by atoms with Crippen LogP contribution >= 0.6 is 11.6 Å². The van der Waals surface area contributed by atoms with Gasteiger partial charge in [-0.2, -0.15) is 0 Å². The molecule has 35 heavy (non-hydrogen) atoms. The third-order valence-corrected chi connectivity index (χ3v) is 6.97. The van der Waals surface area contributed by atoms with E-state index in [1.165, 1.54) is 24.3 Å². The van der Waals surface area contributed by atoms with E-state index in [2.05, 4.69) is 20.0 Å². The molecule has 1 aromatic heterocycles. The van der Waals surface area contributed by atoms with Gasteiger partial charge in [0, 0.05) is 17.1 Å². The van der Waals surface area contributed by atoms with Gasteiger partial charge >= 0.3 is 0 Å². The summed E-state index contributed by atoms with van der Waals surface area (Å²) < 4.78 is 27.8. The number of hydrogen-bond donors (Lipinski definition) is 2. The van der Waals surface area contributed by atoms with Gasteiger partial charge in [0.05, 0.1) is 10.6 Å². The summed E-state index contributed by atoms with van der Waals surface area (Å²) in [7, 11) is -3.94. The molecular weight excluding hydrogens is 490 g/mol. The van der Waals surface area contributed by atoms with Crippen LogP contribution in [0.15, 0.2) is 64.2 Å². The lowest BCUT2D eigenvalue weighted by molar-refractivity contribution is -0.120. The first-order valence-corrected chi connectivity index (χ1v) is 12.4. The molecule has 2 aromatic carbocycles. The molecule has 0 unspecified atom stereocenters. The van der Waals surface area contributed by atoms with E-state index in [0.717, 1.165) is 16.0 Å². The number of sulfonamides is 1. The van der Waals surface area contributed by atoms with Gasteiger partial charge in [0.1, 0.15) is 10.7 Å². The fourth-order valence-electron chi connectivity index (χ4n) is 3.60. The normalized spacial score (nSPS) is 14.0. The summed E-state index contributed by atoms with van der Waals surface area (Å²) >= 11 is 6.22. The topological polar surface area (TPSA) is 121 Å². The number of carbonyl (C=O) groups excluding carboxylic acids is 2. The number of nitrogens with zero attached hydrogens (tertiary/aromatic N) is 3. The lowest BCUT2D eigenvalue weighted by Crippen LogP contribution is -2.32. The standard InChI is InChI=1S/C24H22ClN5O4S/c1-13-5-6-14(2)19(11-13)30-22(31)20(25)21(23(30)32)28-17-7-9-18(10-8-17)35(33,34)29-24-26-15(3)12-16(4)27-24/h5-12,28H,1-4H3,(H,26,27,29). The number of imide groups is 1. The summed E-state index contributed by atoms with van der Waals surface area (Å²) in [4.78, 5) is 35.0. The molecule has 0 saturated heterocycles. The van der Waals surface area contributed by atoms with Crippen LogP contribution in [0.3, 0.4) is 0 Å². The van der Waals surface area contributed by atoms with Crippen LogP contribution in [-0.4, -0.2) is 30.2 Å². The molecule has 0 spiro atoms. The quantitative estimate of drug-likeness (QED) is 0.480. The van der Waals surface area contributed by atoms with Crippen molar-refractivity contribution in [3.8, 4) is 0 Å². The van der Waals surface area contributed by atoms with E-state index >= 15 is 0 Å². The van der Waals surface area contributed by atoms with E-state index in [1.807, 2.05) is 19.1 Å². The van der Waals surface area contributed by atoms with Gasteiger partial charge in [-0.3, -0.25) is 9.59 Å². The van der Waals surface area contributed by atoms with Crippen LogP contribution in [0.4, 0.5) is 17.3 Å². The Labute approximate surface area is 207 Å². The smallest absolute Gasteiger partial charge is 0.283 e. The molecule has 0 saturated carbocycles. The highest BCUT2D eigenvalue weighted by Gasteiger charge is 2.39. The number of hydrogen-bond acceptors (Lipinski definition) is 7. The largest absolute Gasteiger partial charge is 0.350 e. The maximum atomic E-state index is 13.1. The molecule has 180 valence electrons. The minimum absolute atomic E-state index is 0.0248. The molecule has 0 atom stereocenters. The number of aryl methyl sites for hydroxylation is 4. The summed E-state index contributed by atoms with van der Waals surface area (Å²) in [6.45, 7) is 7.14. The molecule has 2 heterocycles. The fraction of sp³-hybridized carbons (Fsp3) is 0.167. The number of halogens is 1. The molecule has 0 bridgehead atoms. The molecular formula is C24H22ClN5O4S. The average Bonchev–Trinajstić information content (AvgIpc) is 2.98. The van der Waals surface area contributed by atoms with Crippen LogP contribution in [0.5, 0.6) is 0 Å². The molecule has 2 amide bonds. The minimum atomic E-state index is -3.94. The second kappa shape index (κ2) is 9.12. The van der Waals surface area contributed by atoms with Crippen LogP contribution in [0.2, 0.25) is 0 Å². The molecule has 0 radical (unpaired) electrons. The van der Waals surface area contributed by atoms with E-state index in [0.29, 0.717) is 22.8 Å². The van der Waals surface area contributed by atoms with Crippen molar-refractivity contribution in [3.05, 3.63) is 81.8 Å². The van der Waals surface area contributed by atoms with E-state index in [-0.39, 0.29) is 21.6 Å². The molecule has 0 aliphatic carbocycles. The second-order valence-electron chi connectivity index (χ2n) is 8.15. The van der Waals surface area contributed by atoms with E-state index < -0.39 is 21.8 Å². The van der Waals surface area contributed by atoms with Crippen molar-refractivity contribution in [1.82, 2.24) is 9.97 Å². The van der Waals surface area contributed by atoms with Gasteiger partial charge in [-0.25, -0.2) is 28.0 Å². The van der Waals surface area contributed by atoms with Gasteiger partial charge in [0.2, 0.25) is 5.95 Å². The summed E-state index contributed by atoms with van der Waals surface area (Å²) in [5.41, 5.74) is 3.64. The van der Waals surface area contributed by atoms with E-state index in [4.69, 9.17) is 11.6 Å². The lowest BCUT2D eigenvalue weighted by atomic mass is 10.1. The number of aromatic nitrogens is 2. The first-order chi connectivity index (χ1) is 16.5. The van der Waals surface area contributed by atoms with Gasteiger partial charge in [0.25, 0.3) is 21.8 Å². The van der Waals surface area contributed by atoms with Crippen LogP contribution < -0.4 is 14.9 Å². The molecule has 1 aliphatic rings. The van der Waals surface area contributed by atoms with Crippen molar-refractivity contribution in [2.24, 2.45) is 0 Å². The molecule has 1 aliphatic heterocycles. The highest BCUT2D eigenvalue weighted by molar-refractivity contribution is 7.92. The molecule has 9 nitrogen and oxygen atoms in total. The van der Waals surface area contributed by atoms with Crippen LogP contribution in [0.25, 0.3) is 0 Å². The first kappa shape index (κ1) is 24.4. The van der Waals surface area contributed by atoms with Crippen molar-refractivity contribution in [3.63, 3.8) is 0 Å². The Morgan fingerprint density at radius 1 is 0.857 bits per heavy atom. The van der Waals surface area contributed by atoms with Gasteiger partial charge in [0.15, 0.2) is 0 Å². The van der Waals surface area contributed by atoms with Crippen molar-refractivity contribution >= 4 is 50.8 Å². The Morgan fingerprint density at radius 2 is 1.49 bits per heavy atom. The molecule has 0 fully saturated rings. The number of carbonyl (C=O) groups is 2. The maximum Gasteiger partial charge on any atom is 0.283 e. The summed E-state index contributed by atoms with van der Waals surface area (Å²) in [6, 6.07) is 12.8. The van der Waals surface area contributed by atoms with E-state index in [1.54, 1.807) is 32.9 Å². The van der Waals surface area contributed by atoms with Crippen LogP contribution in [-0.2, 0) is 19.6 Å². The fourth-order valence-corrected chi connectivity index (χ4v) is 4.76. The van der Waals surface area contributed by atoms with Gasteiger partial charge in [-0.1, -0.05) is 23.7 Å². The molecule has 2 N–H and O–H groups in total. The highest BCUT2D eigenvalue weighted by atomic mass is 35.5. The lowest BCUT2D eigenvalue weighted by Gasteiger charge is -2.18. The Morgan fingerprint density at radius 3 is 2.11 bits per heavy atom. The summed E-state index contributed by atoms with van der Waals surface area (Å²) in [5, 5.41) is 2.59. The van der Waals surface area contributed by atoms with Gasteiger partial charge in [-0.15, -0.1) is 0 Å². The van der Waals surface area contributed by atoms with Crippen molar-refractivity contribution in [2.45, 2.75) is 32.6 Å². The summed E-state index contributed by atoms with van der Waals surface area (Å²) in [5.74, 6) is -1.26. The zero-order chi connectivity index (χ0) is 25.5. The van der Waals surface area contributed by atoms with Crippen molar-refractivity contribution in [2.75, 3.05) is 14.9 Å². The second-order valence-corrected chi connectivity index (χ2v) is 10.2.